The summed E-state index contributed by atoms with van der Waals surface area (Å²) in [5.74, 6) is 0. The molecular weight excluding hydrogens is 302 g/mol. The molecule has 104 valence electrons. The summed E-state index contributed by atoms with van der Waals surface area (Å²) in [6.45, 7) is 0.922. The van der Waals surface area contributed by atoms with Gasteiger partial charge in [-0.25, -0.2) is 18.1 Å². The third-order valence-electron chi connectivity index (χ3n) is 2.45. The van der Waals surface area contributed by atoms with E-state index in [1.807, 2.05) is 5.38 Å². The summed E-state index contributed by atoms with van der Waals surface area (Å²) < 4.78 is 27.0. The Morgan fingerprint density at radius 1 is 1.32 bits per heavy atom. The number of rotatable bonds is 7. The smallest absolute Gasteiger partial charge is 0.241 e. The molecule has 19 heavy (non-hydrogen) atoms. The maximum atomic E-state index is 12.2. The van der Waals surface area contributed by atoms with E-state index >= 15 is 0 Å². The van der Waals surface area contributed by atoms with Crippen molar-refractivity contribution < 1.29 is 8.42 Å². The molecule has 2 heterocycles. The minimum atomic E-state index is -3.43. The lowest BCUT2D eigenvalue weighted by Crippen LogP contribution is -2.26. The summed E-state index contributed by atoms with van der Waals surface area (Å²) in [7, 11) is -1.63. The summed E-state index contributed by atoms with van der Waals surface area (Å²) in [4.78, 5) is 5.31. The lowest BCUT2D eigenvalue weighted by Gasteiger charge is -2.06. The van der Waals surface area contributed by atoms with E-state index in [2.05, 4.69) is 15.0 Å². The van der Waals surface area contributed by atoms with Crippen molar-refractivity contribution in [1.82, 2.24) is 15.0 Å². The van der Waals surface area contributed by atoms with Crippen molar-refractivity contribution in [2.24, 2.45) is 0 Å². The van der Waals surface area contributed by atoms with Crippen molar-refractivity contribution in [2.45, 2.75) is 17.9 Å². The molecule has 0 radical (unpaired) electrons. The first-order valence-electron chi connectivity index (χ1n) is 5.72. The Bertz CT molecular complexity index is 605. The number of nitrogens with zero attached hydrogens (tertiary/aromatic N) is 1. The molecule has 0 fully saturated rings. The second-order valence-corrected chi connectivity index (χ2v) is 7.53. The molecule has 0 saturated heterocycles. The number of aromatic nitrogens is 1. The summed E-state index contributed by atoms with van der Waals surface area (Å²) in [6, 6.07) is 1.64. The van der Waals surface area contributed by atoms with E-state index in [1.54, 1.807) is 24.7 Å². The molecule has 0 aliphatic heterocycles. The third-order valence-corrected chi connectivity index (χ3v) is 5.88. The molecule has 0 aliphatic rings. The average Bonchev–Trinajstić information content (AvgIpc) is 3.00. The van der Waals surface area contributed by atoms with Crippen LogP contribution in [0.2, 0.25) is 0 Å². The summed E-state index contributed by atoms with van der Waals surface area (Å²) in [5, 5.41) is 7.58. The van der Waals surface area contributed by atoms with Crippen molar-refractivity contribution in [2.75, 3.05) is 13.6 Å². The van der Waals surface area contributed by atoms with Crippen LogP contribution in [0.25, 0.3) is 0 Å². The highest BCUT2D eigenvalue weighted by atomic mass is 32.2. The van der Waals surface area contributed by atoms with Crippen molar-refractivity contribution >= 4 is 32.7 Å². The van der Waals surface area contributed by atoms with E-state index in [0.29, 0.717) is 24.4 Å². The van der Waals surface area contributed by atoms with Crippen LogP contribution in [0, 0.1) is 0 Å². The topological polar surface area (TPSA) is 71.1 Å². The van der Waals surface area contributed by atoms with Crippen LogP contribution in [-0.4, -0.2) is 27.0 Å². The molecule has 2 aromatic heterocycles. The van der Waals surface area contributed by atoms with Gasteiger partial charge in [-0.05, 0) is 18.5 Å². The first-order chi connectivity index (χ1) is 9.13. The van der Waals surface area contributed by atoms with Crippen LogP contribution in [0.1, 0.15) is 9.88 Å². The summed E-state index contributed by atoms with van der Waals surface area (Å²) >= 11 is 2.97. The van der Waals surface area contributed by atoms with E-state index in [4.69, 9.17) is 0 Å². The summed E-state index contributed by atoms with van der Waals surface area (Å²) in [5.41, 5.74) is 0. The molecule has 0 saturated carbocycles. The Kier molecular flexibility index (Phi) is 5.06. The highest BCUT2D eigenvalue weighted by molar-refractivity contribution is 7.89. The van der Waals surface area contributed by atoms with Crippen molar-refractivity contribution in [3.05, 3.63) is 32.9 Å². The Labute approximate surface area is 120 Å². The van der Waals surface area contributed by atoms with E-state index in [-0.39, 0.29) is 0 Å². The monoisotopic (exact) mass is 317 g/mol. The van der Waals surface area contributed by atoms with E-state index in [1.165, 1.54) is 22.7 Å². The Hall–Kier alpha value is -0.800. The number of thiophene rings is 1. The lowest BCUT2D eigenvalue weighted by atomic mass is 10.5. The first-order valence-corrected chi connectivity index (χ1v) is 8.97. The zero-order valence-electron chi connectivity index (χ0n) is 10.4. The Balaban J connectivity index is 1.99. The van der Waals surface area contributed by atoms with Gasteiger partial charge >= 0.3 is 0 Å². The van der Waals surface area contributed by atoms with Crippen LogP contribution in [0.3, 0.4) is 0 Å². The van der Waals surface area contributed by atoms with E-state index < -0.39 is 10.0 Å². The van der Waals surface area contributed by atoms with Crippen LogP contribution >= 0.6 is 22.7 Å². The zero-order valence-corrected chi connectivity index (χ0v) is 12.9. The second kappa shape index (κ2) is 6.58. The average molecular weight is 317 g/mol. The highest BCUT2D eigenvalue weighted by Gasteiger charge is 2.18. The molecule has 8 heteroatoms. The fraction of sp³-hybridized carbons (Fsp3) is 0.364. The van der Waals surface area contributed by atoms with Crippen molar-refractivity contribution in [3.63, 3.8) is 0 Å². The van der Waals surface area contributed by atoms with Crippen molar-refractivity contribution in [3.8, 4) is 0 Å². The van der Waals surface area contributed by atoms with Gasteiger partial charge in [-0.3, -0.25) is 0 Å². The van der Waals surface area contributed by atoms with Gasteiger partial charge in [0.2, 0.25) is 10.0 Å². The van der Waals surface area contributed by atoms with Crippen LogP contribution in [0.4, 0.5) is 0 Å². The van der Waals surface area contributed by atoms with Gasteiger partial charge in [-0.1, -0.05) is 0 Å². The van der Waals surface area contributed by atoms with Gasteiger partial charge in [-0.15, -0.1) is 22.7 Å². The molecule has 2 aromatic rings. The zero-order chi connectivity index (χ0) is 13.7. The fourth-order valence-electron chi connectivity index (χ4n) is 1.60. The molecule has 0 spiro atoms. The summed E-state index contributed by atoms with van der Waals surface area (Å²) in [6.07, 6.45) is 2.33. The van der Waals surface area contributed by atoms with E-state index in [0.717, 1.165) is 9.88 Å². The molecule has 2 rings (SSSR count). The number of hydrogen-bond acceptors (Lipinski definition) is 6. The Morgan fingerprint density at radius 3 is 2.84 bits per heavy atom. The quantitative estimate of drug-likeness (QED) is 0.811. The van der Waals surface area contributed by atoms with Gasteiger partial charge in [0.05, 0.1) is 9.90 Å². The van der Waals surface area contributed by atoms with Crippen LogP contribution in [0.15, 0.2) is 27.9 Å². The molecule has 5 nitrogen and oxygen atoms in total. The maximum absolute atomic E-state index is 12.2. The predicted molar refractivity (Wildman–Crippen MR) is 78.1 cm³/mol. The van der Waals surface area contributed by atoms with Gasteiger partial charge < -0.3 is 5.32 Å². The molecule has 0 aliphatic carbocycles. The normalized spacial score (nSPS) is 11.8. The molecule has 0 unspecified atom stereocenters. The van der Waals surface area contributed by atoms with Gasteiger partial charge in [0.1, 0.15) is 0 Å². The van der Waals surface area contributed by atoms with Gasteiger partial charge in [0.15, 0.2) is 0 Å². The van der Waals surface area contributed by atoms with Crippen LogP contribution in [0.5, 0.6) is 0 Å². The third kappa shape index (κ3) is 3.83. The molecule has 0 amide bonds. The number of thiazole rings is 1. The second-order valence-electron chi connectivity index (χ2n) is 3.81. The maximum Gasteiger partial charge on any atom is 0.241 e. The minimum Gasteiger partial charge on any atom is -0.315 e. The molecule has 2 N–H and O–H groups in total. The van der Waals surface area contributed by atoms with Gasteiger partial charge in [0, 0.05) is 36.0 Å². The van der Waals surface area contributed by atoms with Crippen LogP contribution < -0.4 is 10.0 Å². The van der Waals surface area contributed by atoms with Gasteiger partial charge in [-0.2, -0.15) is 0 Å². The number of nitrogens with one attached hydrogen (secondary N) is 2. The largest absolute Gasteiger partial charge is 0.315 e. The van der Waals surface area contributed by atoms with Crippen LogP contribution in [-0.2, 0) is 23.0 Å². The predicted octanol–water partition coefficient (Wildman–Crippen LogP) is 1.44. The number of sulfonamides is 1. The lowest BCUT2D eigenvalue weighted by molar-refractivity contribution is 0.580. The van der Waals surface area contributed by atoms with Crippen molar-refractivity contribution in [1.29, 1.82) is 0 Å². The minimum absolute atomic E-state index is 0.366. The Morgan fingerprint density at radius 2 is 2.16 bits per heavy atom. The van der Waals surface area contributed by atoms with Gasteiger partial charge in [0.25, 0.3) is 0 Å². The molecular formula is C11H15N3O2S3. The van der Waals surface area contributed by atoms with E-state index in [9.17, 15) is 8.42 Å². The molecule has 0 aromatic carbocycles. The standard InChI is InChI=1S/C11H15N3O2S3/c1-12-8-9-10(3-6-17-9)19(15,16)14-4-2-11-13-5-7-18-11/h3,5-7,12,14H,2,4,8H2,1H3. The SMILES string of the molecule is CNCc1sccc1S(=O)(=O)NCCc1nccs1. The molecule has 0 bridgehead atoms. The first kappa shape index (κ1) is 14.6. The number of hydrogen-bond donors (Lipinski definition) is 2. The fourth-order valence-corrected chi connectivity index (χ4v) is 4.71. The molecule has 0 atom stereocenters. The highest BCUT2D eigenvalue weighted by Crippen LogP contribution is 2.21.